The van der Waals surface area contributed by atoms with Crippen LogP contribution in [-0.4, -0.2) is 16.2 Å². The van der Waals surface area contributed by atoms with Gasteiger partial charge in [-0.1, -0.05) is 60.7 Å². The van der Waals surface area contributed by atoms with E-state index in [1.807, 2.05) is 48.5 Å². The minimum absolute atomic E-state index is 0.593. The van der Waals surface area contributed by atoms with Crippen LogP contribution in [0.25, 0.3) is 23.2 Å². The Labute approximate surface area is 159 Å². The number of aryl methyl sites for hydroxylation is 1. The van der Waals surface area contributed by atoms with E-state index in [0.29, 0.717) is 6.61 Å². The lowest BCUT2D eigenvalue weighted by Crippen LogP contribution is -2.09. The van der Waals surface area contributed by atoms with E-state index in [0.717, 1.165) is 34.7 Å². The molecule has 1 heterocycles. The Bertz CT molecular complexity index is 1060. The number of hydrogen-bond acceptors (Lipinski definition) is 2. The van der Waals surface area contributed by atoms with Crippen molar-refractivity contribution in [2.75, 3.05) is 6.61 Å². The van der Waals surface area contributed by atoms with Crippen molar-refractivity contribution in [3.05, 3.63) is 95.8 Å². The molecule has 0 aliphatic heterocycles. The van der Waals surface area contributed by atoms with Crippen molar-refractivity contribution < 1.29 is 4.74 Å². The zero-order valence-electron chi connectivity index (χ0n) is 15.4. The highest BCUT2D eigenvalue weighted by Gasteiger charge is 2.08. The van der Waals surface area contributed by atoms with E-state index in [2.05, 4.69) is 54.0 Å². The SMILES string of the molecule is Cc1cccc(OCCn2c(/C=C/c3ccccc3)nc3ccccc32)c1. The first-order chi connectivity index (χ1) is 13.3. The minimum atomic E-state index is 0.593. The third-order valence-corrected chi connectivity index (χ3v) is 4.48. The summed E-state index contributed by atoms with van der Waals surface area (Å²) in [7, 11) is 0. The zero-order valence-corrected chi connectivity index (χ0v) is 15.4. The summed E-state index contributed by atoms with van der Waals surface area (Å²) in [5.41, 5.74) is 4.48. The van der Waals surface area contributed by atoms with Gasteiger partial charge < -0.3 is 9.30 Å². The van der Waals surface area contributed by atoms with E-state index in [4.69, 9.17) is 9.72 Å². The molecule has 0 saturated heterocycles. The molecule has 4 aromatic rings. The van der Waals surface area contributed by atoms with Crippen molar-refractivity contribution in [3.8, 4) is 5.75 Å². The number of imidazole rings is 1. The fourth-order valence-corrected chi connectivity index (χ4v) is 3.15. The molecule has 0 amide bonds. The van der Waals surface area contributed by atoms with E-state index in [9.17, 15) is 0 Å². The van der Waals surface area contributed by atoms with Crippen molar-refractivity contribution >= 4 is 23.2 Å². The minimum Gasteiger partial charge on any atom is -0.492 e. The average Bonchev–Trinajstić information content (AvgIpc) is 3.05. The molecular weight excluding hydrogens is 332 g/mol. The summed E-state index contributed by atoms with van der Waals surface area (Å²) in [4.78, 5) is 4.79. The van der Waals surface area contributed by atoms with Crippen LogP contribution in [-0.2, 0) is 6.54 Å². The second-order valence-corrected chi connectivity index (χ2v) is 6.52. The smallest absolute Gasteiger partial charge is 0.133 e. The van der Waals surface area contributed by atoms with Gasteiger partial charge in [0.2, 0.25) is 0 Å². The van der Waals surface area contributed by atoms with E-state index < -0.39 is 0 Å². The van der Waals surface area contributed by atoms with Crippen LogP contribution >= 0.6 is 0 Å². The van der Waals surface area contributed by atoms with E-state index in [1.54, 1.807) is 0 Å². The number of ether oxygens (including phenoxy) is 1. The van der Waals surface area contributed by atoms with Gasteiger partial charge in [-0.3, -0.25) is 0 Å². The zero-order chi connectivity index (χ0) is 18.5. The van der Waals surface area contributed by atoms with Gasteiger partial charge in [0.1, 0.15) is 18.2 Å². The molecular formula is C24H22N2O. The molecule has 27 heavy (non-hydrogen) atoms. The Morgan fingerprint density at radius 2 is 1.70 bits per heavy atom. The van der Waals surface area contributed by atoms with Crippen molar-refractivity contribution in [2.45, 2.75) is 13.5 Å². The van der Waals surface area contributed by atoms with Gasteiger partial charge >= 0.3 is 0 Å². The molecule has 134 valence electrons. The van der Waals surface area contributed by atoms with Crippen LogP contribution in [0.5, 0.6) is 5.75 Å². The highest BCUT2D eigenvalue weighted by Crippen LogP contribution is 2.19. The van der Waals surface area contributed by atoms with Crippen LogP contribution in [0.2, 0.25) is 0 Å². The van der Waals surface area contributed by atoms with Crippen LogP contribution in [0.1, 0.15) is 17.0 Å². The highest BCUT2D eigenvalue weighted by atomic mass is 16.5. The van der Waals surface area contributed by atoms with Gasteiger partial charge in [-0.05, 0) is 48.4 Å². The molecule has 0 N–H and O–H groups in total. The molecule has 3 nitrogen and oxygen atoms in total. The van der Waals surface area contributed by atoms with Gasteiger partial charge in [-0.25, -0.2) is 4.98 Å². The third-order valence-electron chi connectivity index (χ3n) is 4.48. The summed E-state index contributed by atoms with van der Waals surface area (Å²) in [6.07, 6.45) is 4.17. The Balaban J connectivity index is 1.57. The summed E-state index contributed by atoms with van der Waals surface area (Å²) in [5, 5.41) is 0. The van der Waals surface area contributed by atoms with Crippen LogP contribution in [0.15, 0.2) is 78.9 Å². The maximum absolute atomic E-state index is 5.95. The van der Waals surface area contributed by atoms with Crippen molar-refractivity contribution in [3.63, 3.8) is 0 Å². The number of nitrogens with zero attached hydrogens (tertiary/aromatic N) is 2. The predicted molar refractivity (Wildman–Crippen MR) is 112 cm³/mol. The van der Waals surface area contributed by atoms with Crippen LogP contribution in [0.3, 0.4) is 0 Å². The maximum atomic E-state index is 5.95. The number of para-hydroxylation sites is 2. The van der Waals surface area contributed by atoms with Crippen molar-refractivity contribution in [1.82, 2.24) is 9.55 Å². The lowest BCUT2D eigenvalue weighted by molar-refractivity contribution is 0.299. The molecule has 0 atom stereocenters. The molecule has 0 radical (unpaired) electrons. The molecule has 3 aromatic carbocycles. The summed E-state index contributed by atoms with van der Waals surface area (Å²) in [6.45, 7) is 3.40. The molecule has 0 fully saturated rings. The molecule has 3 heteroatoms. The number of hydrogen-bond donors (Lipinski definition) is 0. The standard InChI is InChI=1S/C24H22N2O/c1-19-8-7-11-21(18-19)27-17-16-26-23-13-6-5-12-22(23)25-24(26)15-14-20-9-3-2-4-10-20/h2-15,18H,16-17H2,1H3/b15-14+. The first-order valence-electron chi connectivity index (χ1n) is 9.17. The molecule has 4 rings (SSSR count). The molecule has 0 aliphatic carbocycles. The molecule has 0 spiro atoms. The predicted octanol–water partition coefficient (Wildman–Crippen LogP) is 5.59. The first kappa shape index (κ1) is 17.1. The van der Waals surface area contributed by atoms with Gasteiger partial charge in [0.15, 0.2) is 0 Å². The highest BCUT2D eigenvalue weighted by molar-refractivity contribution is 5.79. The van der Waals surface area contributed by atoms with Crippen LogP contribution < -0.4 is 4.74 Å². The number of benzene rings is 3. The Hall–Kier alpha value is -3.33. The topological polar surface area (TPSA) is 27.1 Å². The fourth-order valence-electron chi connectivity index (χ4n) is 3.15. The molecule has 0 saturated carbocycles. The first-order valence-corrected chi connectivity index (χ1v) is 9.17. The maximum Gasteiger partial charge on any atom is 0.133 e. The summed E-state index contributed by atoms with van der Waals surface area (Å²) in [6, 6.07) is 26.6. The van der Waals surface area contributed by atoms with Gasteiger partial charge in [0.05, 0.1) is 17.6 Å². The Morgan fingerprint density at radius 1 is 0.889 bits per heavy atom. The van der Waals surface area contributed by atoms with Crippen LogP contribution in [0, 0.1) is 6.92 Å². The number of fused-ring (bicyclic) bond motifs is 1. The van der Waals surface area contributed by atoms with Gasteiger partial charge in [0.25, 0.3) is 0 Å². The van der Waals surface area contributed by atoms with Crippen molar-refractivity contribution in [1.29, 1.82) is 0 Å². The summed E-state index contributed by atoms with van der Waals surface area (Å²) >= 11 is 0. The van der Waals surface area contributed by atoms with Gasteiger partial charge in [0, 0.05) is 0 Å². The number of rotatable bonds is 6. The lowest BCUT2D eigenvalue weighted by Gasteiger charge is -2.10. The molecule has 0 bridgehead atoms. The Morgan fingerprint density at radius 3 is 2.56 bits per heavy atom. The van der Waals surface area contributed by atoms with Gasteiger partial charge in [-0.2, -0.15) is 0 Å². The molecule has 0 unspecified atom stereocenters. The fraction of sp³-hybridized carbons (Fsp3) is 0.125. The van der Waals surface area contributed by atoms with Crippen molar-refractivity contribution in [2.24, 2.45) is 0 Å². The quantitative estimate of drug-likeness (QED) is 0.451. The van der Waals surface area contributed by atoms with Crippen LogP contribution in [0.4, 0.5) is 0 Å². The van der Waals surface area contributed by atoms with Gasteiger partial charge in [-0.15, -0.1) is 0 Å². The van der Waals surface area contributed by atoms with E-state index in [-0.39, 0.29) is 0 Å². The Kier molecular flexibility index (Phi) is 5.01. The second kappa shape index (κ2) is 7.92. The van der Waals surface area contributed by atoms with E-state index in [1.165, 1.54) is 5.56 Å². The summed E-state index contributed by atoms with van der Waals surface area (Å²) < 4.78 is 8.17. The molecule has 1 aromatic heterocycles. The number of aromatic nitrogens is 2. The van der Waals surface area contributed by atoms with E-state index >= 15 is 0 Å². The summed E-state index contributed by atoms with van der Waals surface area (Å²) in [5.74, 6) is 1.84. The normalized spacial score (nSPS) is 11.3. The monoisotopic (exact) mass is 354 g/mol. The lowest BCUT2D eigenvalue weighted by atomic mass is 10.2. The average molecular weight is 354 g/mol. The molecule has 0 aliphatic rings. The second-order valence-electron chi connectivity index (χ2n) is 6.52. The largest absolute Gasteiger partial charge is 0.492 e. The third kappa shape index (κ3) is 4.09.